The molecular formula is C13H12ClNO. The fourth-order valence-corrected chi connectivity index (χ4v) is 2.04. The van der Waals surface area contributed by atoms with E-state index in [-0.39, 0.29) is 0 Å². The molecule has 0 N–H and O–H groups in total. The zero-order valence-electron chi connectivity index (χ0n) is 8.98. The third-order valence-corrected chi connectivity index (χ3v) is 2.79. The van der Waals surface area contributed by atoms with Gasteiger partial charge in [0.05, 0.1) is 5.69 Å². The van der Waals surface area contributed by atoms with Crippen molar-refractivity contribution in [2.75, 3.05) is 11.4 Å². The Morgan fingerprint density at radius 2 is 1.88 bits per heavy atom. The second kappa shape index (κ2) is 4.54. The van der Waals surface area contributed by atoms with Gasteiger partial charge in [-0.25, -0.2) is 0 Å². The summed E-state index contributed by atoms with van der Waals surface area (Å²) in [4.78, 5) is 12.9. The first-order chi connectivity index (χ1) is 7.74. The van der Waals surface area contributed by atoms with E-state index in [9.17, 15) is 4.79 Å². The van der Waals surface area contributed by atoms with Gasteiger partial charge in [-0.15, -0.1) is 0 Å². The number of hydrogen-bond donors (Lipinski definition) is 0. The Hall–Kier alpha value is -1.54. The molecule has 0 atom stereocenters. The maximum atomic E-state index is 11.3. The molecule has 3 heteroatoms. The van der Waals surface area contributed by atoms with E-state index in [0.717, 1.165) is 16.5 Å². The van der Waals surface area contributed by atoms with E-state index < -0.39 is 5.37 Å². The summed E-state index contributed by atoms with van der Waals surface area (Å²) in [5, 5.41) is 1.70. The van der Waals surface area contributed by atoms with Crippen LogP contribution in [0.25, 0.3) is 10.8 Å². The lowest BCUT2D eigenvalue weighted by Gasteiger charge is -2.19. The van der Waals surface area contributed by atoms with Crippen LogP contribution in [0.3, 0.4) is 0 Å². The van der Waals surface area contributed by atoms with Gasteiger partial charge in [0.1, 0.15) is 0 Å². The van der Waals surface area contributed by atoms with Crippen molar-refractivity contribution in [3.63, 3.8) is 0 Å². The van der Waals surface area contributed by atoms with E-state index in [1.165, 1.54) is 0 Å². The molecule has 16 heavy (non-hydrogen) atoms. The first-order valence-electron chi connectivity index (χ1n) is 5.19. The van der Waals surface area contributed by atoms with Gasteiger partial charge in [0.25, 0.3) is 0 Å². The summed E-state index contributed by atoms with van der Waals surface area (Å²) < 4.78 is 0. The molecule has 2 aromatic carbocycles. The summed E-state index contributed by atoms with van der Waals surface area (Å²) in [6, 6.07) is 13.8. The van der Waals surface area contributed by atoms with Crippen molar-refractivity contribution in [2.45, 2.75) is 6.92 Å². The van der Waals surface area contributed by atoms with Crippen molar-refractivity contribution in [1.82, 2.24) is 0 Å². The Kier molecular flexibility index (Phi) is 3.11. The van der Waals surface area contributed by atoms with E-state index in [1.807, 2.05) is 49.4 Å². The quantitative estimate of drug-likeness (QED) is 0.567. The van der Waals surface area contributed by atoms with Crippen molar-refractivity contribution >= 4 is 33.4 Å². The Morgan fingerprint density at radius 3 is 2.56 bits per heavy atom. The molecular weight excluding hydrogens is 222 g/mol. The summed E-state index contributed by atoms with van der Waals surface area (Å²) in [5.74, 6) is 0. The van der Waals surface area contributed by atoms with Gasteiger partial charge in [0, 0.05) is 11.9 Å². The summed E-state index contributed by atoms with van der Waals surface area (Å²) in [6.07, 6.45) is 0. The average Bonchev–Trinajstić information content (AvgIpc) is 2.30. The Bertz CT molecular complexity index is 519. The van der Waals surface area contributed by atoms with E-state index in [1.54, 1.807) is 4.90 Å². The van der Waals surface area contributed by atoms with Gasteiger partial charge in [0.2, 0.25) is 0 Å². The maximum Gasteiger partial charge on any atom is 0.320 e. The highest BCUT2D eigenvalue weighted by molar-refractivity contribution is 6.66. The van der Waals surface area contributed by atoms with Crippen LogP contribution in [-0.2, 0) is 0 Å². The van der Waals surface area contributed by atoms with Crippen LogP contribution in [0.4, 0.5) is 10.5 Å². The highest BCUT2D eigenvalue weighted by atomic mass is 35.5. The molecule has 0 saturated carbocycles. The summed E-state index contributed by atoms with van der Waals surface area (Å²) in [7, 11) is 0. The second-order valence-electron chi connectivity index (χ2n) is 3.50. The molecule has 0 spiro atoms. The first-order valence-corrected chi connectivity index (χ1v) is 5.56. The van der Waals surface area contributed by atoms with E-state index in [4.69, 9.17) is 11.6 Å². The van der Waals surface area contributed by atoms with Crippen molar-refractivity contribution < 1.29 is 4.79 Å². The minimum absolute atomic E-state index is 0.446. The van der Waals surface area contributed by atoms with Gasteiger partial charge in [-0.2, -0.15) is 0 Å². The molecule has 0 radical (unpaired) electrons. The summed E-state index contributed by atoms with van der Waals surface area (Å²) in [5.41, 5.74) is 0.862. The molecule has 0 bridgehead atoms. The number of carbonyl (C=O) groups excluding carboxylic acids is 1. The zero-order chi connectivity index (χ0) is 11.5. The maximum absolute atomic E-state index is 11.3. The first kappa shape index (κ1) is 11.0. The van der Waals surface area contributed by atoms with E-state index >= 15 is 0 Å². The van der Waals surface area contributed by atoms with Gasteiger partial charge >= 0.3 is 5.37 Å². The monoisotopic (exact) mass is 233 g/mol. The Labute approximate surface area is 99.4 Å². The van der Waals surface area contributed by atoms with Crippen LogP contribution in [-0.4, -0.2) is 11.9 Å². The molecule has 2 aromatic rings. The molecule has 0 aliphatic rings. The molecule has 0 aliphatic carbocycles. The summed E-state index contributed by atoms with van der Waals surface area (Å²) in [6.45, 7) is 2.47. The standard InChI is InChI=1S/C13H12ClNO/c1-2-15(13(14)16)12-9-5-7-10-6-3-4-8-11(10)12/h3-9H,2H2,1H3. The lowest BCUT2D eigenvalue weighted by molar-refractivity contribution is 0.264. The van der Waals surface area contributed by atoms with E-state index in [0.29, 0.717) is 6.54 Å². The smallest absolute Gasteiger partial charge is 0.299 e. The van der Waals surface area contributed by atoms with Crippen LogP contribution in [0.2, 0.25) is 0 Å². The van der Waals surface area contributed by atoms with Gasteiger partial charge in [-0.1, -0.05) is 36.4 Å². The predicted octanol–water partition coefficient (Wildman–Crippen LogP) is 4.02. The minimum Gasteiger partial charge on any atom is -0.299 e. The third kappa shape index (κ3) is 1.89. The number of hydrogen-bond acceptors (Lipinski definition) is 1. The zero-order valence-corrected chi connectivity index (χ0v) is 9.74. The van der Waals surface area contributed by atoms with Crippen LogP contribution in [0, 0.1) is 0 Å². The van der Waals surface area contributed by atoms with Crippen molar-refractivity contribution in [2.24, 2.45) is 0 Å². The van der Waals surface area contributed by atoms with Gasteiger partial charge in [-0.05, 0) is 30.0 Å². The molecule has 1 amide bonds. The molecule has 0 saturated heterocycles. The number of carbonyl (C=O) groups is 1. The minimum atomic E-state index is -0.446. The molecule has 2 rings (SSSR count). The van der Waals surface area contributed by atoms with Crippen LogP contribution in [0.15, 0.2) is 42.5 Å². The molecule has 0 unspecified atom stereocenters. The number of amides is 1. The van der Waals surface area contributed by atoms with E-state index in [2.05, 4.69) is 0 Å². The van der Waals surface area contributed by atoms with Gasteiger partial charge in [0.15, 0.2) is 0 Å². The third-order valence-electron chi connectivity index (χ3n) is 2.59. The Balaban J connectivity index is 2.63. The SMILES string of the molecule is CCN(C(=O)Cl)c1cccc2ccccc12. The van der Waals surface area contributed by atoms with Gasteiger partial charge < -0.3 is 0 Å². The fraction of sp³-hybridized carbons (Fsp3) is 0.154. The largest absolute Gasteiger partial charge is 0.320 e. The van der Waals surface area contributed by atoms with Crippen LogP contribution in [0.1, 0.15) is 6.92 Å². The molecule has 0 aromatic heterocycles. The molecule has 2 nitrogen and oxygen atoms in total. The van der Waals surface area contributed by atoms with Crippen LogP contribution >= 0.6 is 11.6 Å². The lowest BCUT2D eigenvalue weighted by Crippen LogP contribution is -2.25. The Morgan fingerprint density at radius 1 is 1.19 bits per heavy atom. The van der Waals surface area contributed by atoms with Crippen molar-refractivity contribution in [1.29, 1.82) is 0 Å². The van der Waals surface area contributed by atoms with Crippen molar-refractivity contribution in [3.8, 4) is 0 Å². The predicted molar refractivity (Wildman–Crippen MR) is 68.2 cm³/mol. The summed E-state index contributed by atoms with van der Waals surface area (Å²) >= 11 is 5.57. The van der Waals surface area contributed by atoms with Crippen LogP contribution in [0.5, 0.6) is 0 Å². The molecule has 0 fully saturated rings. The molecule has 82 valence electrons. The topological polar surface area (TPSA) is 20.3 Å². The lowest BCUT2D eigenvalue weighted by atomic mass is 10.1. The van der Waals surface area contributed by atoms with Crippen LogP contribution < -0.4 is 4.90 Å². The normalized spacial score (nSPS) is 10.4. The molecule has 0 aliphatic heterocycles. The molecule has 0 heterocycles. The highest BCUT2D eigenvalue weighted by Crippen LogP contribution is 2.27. The second-order valence-corrected chi connectivity index (χ2v) is 3.82. The average molecular weight is 234 g/mol. The van der Waals surface area contributed by atoms with Gasteiger partial charge in [-0.3, -0.25) is 9.69 Å². The number of benzene rings is 2. The number of anilines is 1. The number of halogens is 1. The fourth-order valence-electron chi connectivity index (χ4n) is 1.83. The number of rotatable bonds is 2. The number of fused-ring (bicyclic) bond motifs is 1. The number of nitrogens with zero attached hydrogens (tertiary/aromatic N) is 1. The highest BCUT2D eigenvalue weighted by Gasteiger charge is 2.13. The van der Waals surface area contributed by atoms with Crippen molar-refractivity contribution in [3.05, 3.63) is 42.5 Å².